The maximum atomic E-state index is 2.50. The smallest absolute Gasteiger partial charge is 0.0555 e. The molecule has 2 bridgehead atoms. The van der Waals surface area contributed by atoms with E-state index < -0.39 is 0 Å². The van der Waals surface area contributed by atoms with Crippen LogP contribution >= 0.6 is 11.3 Å². The monoisotopic (exact) mass is 616 g/mol. The molecule has 0 fully saturated rings. The number of nitrogens with zero attached hydrogens (tertiary/aromatic N) is 2. The number of anilines is 6. The lowest BCUT2D eigenvalue weighted by Crippen LogP contribution is -2.13. The van der Waals surface area contributed by atoms with Crippen molar-refractivity contribution >= 4 is 87.2 Å². The summed E-state index contributed by atoms with van der Waals surface area (Å²) in [5, 5.41) is 7.47. The van der Waals surface area contributed by atoms with E-state index in [1.807, 2.05) is 11.3 Å². The predicted molar refractivity (Wildman–Crippen MR) is 203 cm³/mol. The van der Waals surface area contributed by atoms with Crippen LogP contribution in [0.1, 0.15) is 0 Å². The number of benzene rings is 8. The van der Waals surface area contributed by atoms with Crippen LogP contribution in [0.15, 0.2) is 170 Å². The van der Waals surface area contributed by atoms with E-state index in [4.69, 9.17) is 0 Å². The molecule has 9 aromatic rings. The molecule has 0 atom stereocenters. The molecule has 8 aromatic carbocycles. The maximum Gasteiger partial charge on any atom is 0.0555 e. The molecule has 0 saturated heterocycles. The van der Waals surface area contributed by atoms with Crippen molar-refractivity contribution in [2.24, 2.45) is 0 Å². The van der Waals surface area contributed by atoms with Gasteiger partial charge >= 0.3 is 0 Å². The van der Waals surface area contributed by atoms with Gasteiger partial charge in [0.15, 0.2) is 0 Å². The van der Waals surface area contributed by atoms with Gasteiger partial charge in [0.1, 0.15) is 0 Å². The lowest BCUT2D eigenvalue weighted by atomic mass is 10.0. The van der Waals surface area contributed by atoms with Gasteiger partial charge in [-0.25, -0.2) is 0 Å². The topological polar surface area (TPSA) is 6.48 Å². The average Bonchev–Trinajstić information content (AvgIpc) is 3.53. The molecule has 1 aliphatic heterocycles. The highest BCUT2D eigenvalue weighted by molar-refractivity contribution is 7.26. The number of hydrogen-bond acceptors (Lipinski definition) is 3. The van der Waals surface area contributed by atoms with E-state index in [0.717, 1.165) is 11.4 Å². The van der Waals surface area contributed by atoms with Crippen molar-refractivity contribution in [1.82, 2.24) is 0 Å². The van der Waals surface area contributed by atoms with E-state index >= 15 is 0 Å². The first-order valence-corrected chi connectivity index (χ1v) is 16.8. The lowest BCUT2D eigenvalue weighted by molar-refractivity contribution is 1.28. The van der Waals surface area contributed by atoms with E-state index in [0.29, 0.717) is 0 Å². The molecule has 0 saturated carbocycles. The molecule has 1 aromatic heterocycles. The second kappa shape index (κ2) is 10.3. The molecular weight excluding hydrogens is 589 g/mol. The minimum atomic E-state index is 1.13. The third-order valence-corrected chi connectivity index (χ3v) is 10.6. The SMILES string of the molecule is c1ccc(-c2cc3cc(c2)N(c2cccc4ccccc24)c2cccc4sc5cccc(c5c24)N3c2cccc3ccccc23)cc1. The Morgan fingerprint density at radius 2 is 0.787 bits per heavy atom. The molecule has 2 heterocycles. The normalized spacial score (nSPS) is 12.6. The number of thiophene rings is 1. The fourth-order valence-electron chi connectivity index (χ4n) is 7.48. The molecule has 0 radical (unpaired) electrons. The third-order valence-electron chi connectivity index (χ3n) is 9.50. The highest BCUT2D eigenvalue weighted by Gasteiger charge is 2.27. The zero-order valence-electron chi connectivity index (χ0n) is 25.5. The Labute approximate surface area is 277 Å². The van der Waals surface area contributed by atoms with Gasteiger partial charge in [-0.1, -0.05) is 115 Å². The van der Waals surface area contributed by atoms with Gasteiger partial charge in [-0.05, 0) is 76.5 Å². The zero-order valence-corrected chi connectivity index (χ0v) is 26.3. The Balaban J connectivity index is 1.41. The summed E-state index contributed by atoms with van der Waals surface area (Å²) in [4.78, 5) is 4.99. The largest absolute Gasteiger partial charge is 0.309 e. The lowest BCUT2D eigenvalue weighted by Gasteiger charge is -2.30. The van der Waals surface area contributed by atoms with E-state index in [9.17, 15) is 0 Å². The molecule has 0 unspecified atom stereocenters. The highest BCUT2D eigenvalue weighted by Crippen LogP contribution is 2.54. The van der Waals surface area contributed by atoms with Crippen LogP contribution in [0.3, 0.4) is 0 Å². The summed E-state index contributed by atoms with van der Waals surface area (Å²) in [5.74, 6) is 0. The molecule has 0 N–H and O–H groups in total. The minimum absolute atomic E-state index is 1.13. The first kappa shape index (κ1) is 26.3. The summed E-state index contributed by atoms with van der Waals surface area (Å²) >= 11 is 1.87. The van der Waals surface area contributed by atoms with Gasteiger partial charge in [-0.15, -0.1) is 11.3 Å². The molecule has 3 heteroatoms. The van der Waals surface area contributed by atoms with Gasteiger partial charge in [-0.2, -0.15) is 0 Å². The van der Waals surface area contributed by atoms with Gasteiger partial charge in [0, 0.05) is 42.3 Å². The standard InChI is InChI=1S/C44H28N2S/c1-2-12-29(13-3-1)32-26-33-28-34(27-32)46(38-21-9-17-31-15-5-7-19-36(31)38)40-23-11-25-42-44(40)43-39(22-10-24-41(43)47-42)45(33)37-20-8-16-30-14-4-6-18-35(30)37/h1-28H. The number of hydrogen-bond donors (Lipinski definition) is 0. The first-order valence-electron chi connectivity index (χ1n) is 16.0. The minimum Gasteiger partial charge on any atom is -0.309 e. The molecule has 1 aliphatic rings. The van der Waals surface area contributed by atoms with Crippen LogP contribution in [0, 0.1) is 0 Å². The van der Waals surface area contributed by atoms with Crippen molar-refractivity contribution in [1.29, 1.82) is 0 Å². The number of fused-ring (bicyclic) bond motifs is 4. The molecular formula is C44H28N2S. The van der Waals surface area contributed by atoms with Crippen molar-refractivity contribution in [3.8, 4) is 11.1 Å². The zero-order chi connectivity index (χ0) is 30.9. The summed E-state index contributed by atoms with van der Waals surface area (Å²) < 4.78 is 2.57. The van der Waals surface area contributed by atoms with Crippen LogP contribution in [0.2, 0.25) is 0 Å². The second-order valence-corrected chi connectivity index (χ2v) is 13.3. The number of rotatable bonds is 3. The van der Waals surface area contributed by atoms with Crippen LogP contribution in [-0.2, 0) is 0 Å². The highest BCUT2D eigenvalue weighted by atomic mass is 32.1. The molecule has 0 aliphatic carbocycles. The van der Waals surface area contributed by atoms with Crippen LogP contribution in [-0.4, -0.2) is 0 Å². The fraction of sp³-hybridized carbons (Fsp3) is 0. The van der Waals surface area contributed by atoms with E-state index in [1.165, 1.54) is 75.6 Å². The Morgan fingerprint density at radius 1 is 0.340 bits per heavy atom. The molecule has 10 rings (SSSR count). The van der Waals surface area contributed by atoms with E-state index in [-0.39, 0.29) is 0 Å². The summed E-state index contributed by atoms with van der Waals surface area (Å²) in [6.45, 7) is 0. The Bertz CT molecular complexity index is 2480. The molecule has 0 spiro atoms. The Kier molecular flexibility index (Phi) is 5.78. The van der Waals surface area contributed by atoms with Crippen molar-refractivity contribution in [2.45, 2.75) is 0 Å². The van der Waals surface area contributed by atoms with Gasteiger partial charge < -0.3 is 9.80 Å². The molecule has 220 valence electrons. The van der Waals surface area contributed by atoms with Crippen LogP contribution in [0.5, 0.6) is 0 Å². The summed E-state index contributed by atoms with van der Waals surface area (Å²) in [5.41, 5.74) is 9.34. The van der Waals surface area contributed by atoms with E-state index in [1.54, 1.807) is 0 Å². The Hall–Kier alpha value is -5.90. The third kappa shape index (κ3) is 4.04. The van der Waals surface area contributed by atoms with Crippen molar-refractivity contribution in [2.75, 3.05) is 9.80 Å². The summed E-state index contributed by atoms with van der Waals surface area (Å²) in [6.07, 6.45) is 0. The Morgan fingerprint density at radius 3 is 1.34 bits per heavy atom. The van der Waals surface area contributed by atoms with Crippen molar-refractivity contribution in [3.05, 3.63) is 170 Å². The van der Waals surface area contributed by atoms with Crippen LogP contribution < -0.4 is 9.80 Å². The predicted octanol–water partition coefficient (Wildman–Crippen LogP) is 13.3. The maximum absolute atomic E-state index is 2.50. The van der Waals surface area contributed by atoms with E-state index in [2.05, 4.69) is 180 Å². The summed E-state index contributed by atoms with van der Waals surface area (Å²) in [6, 6.07) is 62.3. The molecule has 47 heavy (non-hydrogen) atoms. The average molecular weight is 617 g/mol. The van der Waals surface area contributed by atoms with Gasteiger partial charge in [0.05, 0.1) is 22.7 Å². The van der Waals surface area contributed by atoms with Crippen LogP contribution in [0.4, 0.5) is 34.1 Å². The fourth-order valence-corrected chi connectivity index (χ4v) is 8.62. The molecule has 0 amide bonds. The van der Waals surface area contributed by atoms with Crippen molar-refractivity contribution < 1.29 is 0 Å². The van der Waals surface area contributed by atoms with Gasteiger partial charge in [-0.3, -0.25) is 0 Å². The van der Waals surface area contributed by atoms with Crippen LogP contribution in [0.25, 0.3) is 52.8 Å². The second-order valence-electron chi connectivity index (χ2n) is 12.2. The van der Waals surface area contributed by atoms with Crippen molar-refractivity contribution in [3.63, 3.8) is 0 Å². The quantitative estimate of drug-likeness (QED) is 0.195. The van der Waals surface area contributed by atoms with Gasteiger partial charge in [0.25, 0.3) is 0 Å². The first-order chi connectivity index (χ1) is 23.3. The summed E-state index contributed by atoms with van der Waals surface area (Å²) in [7, 11) is 0. The van der Waals surface area contributed by atoms with Gasteiger partial charge in [0.2, 0.25) is 0 Å². The molecule has 2 nitrogen and oxygen atoms in total.